The van der Waals surface area contributed by atoms with Crippen LogP contribution in [0.3, 0.4) is 0 Å². The van der Waals surface area contributed by atoms with Gasteiger partial charge in [0.05, 0.1) is 0 Å². The number of halogens is 1. The molecule has 5 nitrogen and oxygen atoms in total. The maximum absolute atomic E-state index is 12.2. The predicted octanol–water partition coefficient (Wildman–Crippen LogP) is 1.50. The van der Waals surface area contributed by atoms with Gasteiger partial charge in [-0.2, -0.15) is 0 Å². The van der Waals surface area contributed by atoms with Crippen molar-refractivity contribution in [2.24, 2.45) is 5.73 Å². The van der Waals surface area contributed by atoms with E-state index in [9.17, 15) is 9.59 Å². The van der Waals surface area contributed by atoms with E-state index in [1.807, 2.05) is 35.2 Å². The first kappa shape index (κ1) is 19.5. The molecule has 1 aromatic carbocycles. The Morgan fingerprint density at radius 3 is 2.65 bits per heavy atom. The van der Waals surface area contributed by atoms with Gasteiger partial charge in [-0.15, -0.1) is 12.4 Å². The lowest BCUT2D eigenvalue weighted by molar-refractivity contribution is -0.130. The molecule has 3 N–H and O–H groups in total. The number of aryl methyl sites for hydroxylation is 1. The molecular weight excluding hydrogens is 314 g/mol. The molecule has 1 unspecified atom stereocenters. The highest BCUT2D eigenvalue weighted by Crippen LogP contribution is 2.12. The lowest BCUT2D eigenvalue weighted by Crippen LogP contribution is -2.38. The van der Waals surface area contributed by atoms with Gasteiger partial charge in [0.15, 0.2) is 0 Å². The van der Waals surface area contributed by atoms with Gasteiger partial charge in [0.2, 0.25) is 11.8 Å². The maximum Gasteiger partial charge on any atom is 0.222 e. The summed E-state index contributed by atoms with van der Waals surface area (Å²) in [5.74, 6) is 0.205. The van der Waals surface area contributed by atoms with Crippen molar-refractivity contribution < 1.29 is 9.59 Å². The largest absolute Gasteiger partial charge is 0.352 e. The monoisotopic (exact) mass is 339 g/mol. The van der Waals surface area contributed by atoms with E-state index in [4.69, 9.17) is 5.73 Å². The van der Waals surface area contributed by atoms with Crippen molar-refractivity contribution in [3.8, 4) is 0 Å². The van der Waals surface area contributed by atoms with Crippen LogP contribution in [0.4, 0.5) is 0 Å². The Kier molecular flexibility index (Phi) is 8.66. The molecule has 1 aliphatic heterocycles. The van der Waals surface area contributed by atoms with E-state index >= 15 is 0 Å². The molecule has 0 saturated carbocycles. The van der Waals surface area contributed by atoms with Gasteiger partial charge in [-0.1, -0.05) is 30.3 Å². The van der Waals surface area contributed by atoms with Crippen LogP contribution in [0.5, 0.6) is 0 Å². The first-order valence-electron chi connectivity index (χ1n) is 8.00. The molecule has 23 heavy (non-hydrogen) atoms. The molecule has 0 bridgehead atoms. The second-order valence-electron chi connectivity index (χ2n) is 5.77. The van der Waals surface area contributed by atoms with E-state index < -0.39 is 0 Å². The Morgan fingerprint density at radius 1 is 1.22 bits per heavy atom. The van der Waals surface area contributed by atoms with Crippen LogP contribution in [0, 0.1) is 0 Å². The molecule has 1 saturated heterocycles. The second kappa shape index (κ2) is 10.2. The van der Waals surface area contributed by atoms with E-state index in [-0.39, 0.29) is 30.3 Å². The molecule has 1 heterocycles. The van der Waals surface area contributed by atoms with E-state index in [0.717, 1.165) is 19.4 Å². The Balaban J connectivity index is 0.00000264. The molecule has 2 rings (SSSR count). The molecule has 6 heteroatoms. The second-order valence-corrected chi connectivity index (χ2v) is 5.77. The van der Waals surface area contributed by atoms with Crippen molar-refractivity contribution in [2.45, 2.75) is 38.1 Å². The molecule has 0 spiro atoms. The number of carbonyl (C=O) groups excluding carboxylic acids is 2. The molecule has 2 amide bonds. The number of nitrogens with zero attached hydrogens (tertiary/aromatic N) is 1. The predicted molar refractivity (Wildman–Crippen MR) is 93.4 cm³/mol. The zero-order valence-electron chi connectivity index (χ0n) is 13.4. The van der Waals surface area contributed by atoms with Gasteiger partial charge < -0.3 is 16.0 Å². The molecule has 128 valence electrons. The van der Waals surface area contributed by atoms with Crippen molar-refractivity contribution in [3.63, 3.8) is 0 Å². The first-order valence-corrected chi connectivity index (χ1v) is 8.00. The molecule has 1 aromatic rings. The van der Waals surface area contributed by atoms with Crippen LogP contribution in [0.1, 0.15) is 31.2 Å². The maximum atomic E-state index is 12.2. The summed E-state index contributed by atoms with van der Waals surface area (Å²) in [5.41, 5.74) is 6.58. The molecule has 0 radical (unpaired) electrons. The van der Waals surface area contributed by atoms with Gasteiger partial charge in [-0.3, -0.25) is 9.59 Å². The minimum absolute atomic E-state index is 0. The fraction of sp³-hybridized carbons (Fsp3) is 0.529. The van der Waals surface area contributed by atoms with Gasteiger partial charge >= 0.3 is 0 Å². The topological polar surface area (TPSA) is 75.4 Å². The SMILES string of the molecule is Cl.NCCCC(=O)NC1CCN(C(=O)CCc2ccccc2)C1. The molecule has 0 aromatic heterocycles. The van der Waals surface area contributed by atoms with Gasteiger partial charge in [0, 0.05) is 32.0 Å². The Labute approximate surface area is 144 Å². The summed E-state index contributed by atoms with van der Waals surface area (Å²) in [6, 6.07) is 10.1. The summed E-state index contributed by atoms with van der Waals surface area (Å²) >= 11 is 0. The summed E-state index contributed by atoms with van der Waals surface area (Å²) in [4.78, 5) is 25.8. The molecule has 0 aliphatic carbocycles. The van der Waals surface area contributed by atoms with Gasteiger partial charge in [0.25, 0.3) is 0 Å². The van der Waals surface area contributed by atoms with Crippen molar-refractivity contribution >= 4 is 24.2 Å². The summed E-state index contributed by atoms with van der Waals surface area (Å²) in [5, 5.41) is 2.98. The molecule has 1 fully saturated rings. The first-order chi connectivity index (χ1) is 10.7. The Hall–Kier alpha value is -1.59. The Bertz CT molecular complexity index is 496. The van der Waals surface area contributed by atoms with Gasteiger partial charge in [0.1, 0.15) is 0 Å². The Morgan fingerprint density at radius 2 is 1.96 bits per heavy atom. The third kappa shape index (κ3) is 6.59. The van der Waals surface area contributed by atoms with Gasteiger partial charge in [-0.25, -0.2) is 0 Å². The van der Waals surface area contributed by atoms with Crippen LogP contribution in [0.2, 0.25) is 0 Å². The average molecular weight is 340 g/mol. The number of rotatable bonds is 7. The fourth-order valence-electron chi connectivity index (χ4n) is 2.72. The highest BCUT2D eigenvalue weighted by atomic mass is 35.5. The van der Waals surface area contributed by atoms with Crippen molar-refractivity contribution in [1.29, 1.82) is 0 Å². The average Bonchev–Trinajstić information content (AvgIpc) is 3.00. The van der Waals surface area contributed by atoms with Crippen molar-refractivity contribution in [3.05, 3.63) is 35.9 Å². The minimum Gasteiger partial charge on any atom is -0.352 e. The number of hydrogen-bond acceptors (Lipinski definition) is 3. The summed E-state index contributed by atoms with van der Waals surface area (Å²) in [6.45, 7) is 1.89. The van der Waals surface area contributed by atoms with Crippen LogP contribution < -0.4 is 11.1 Å². The third-order valence-corrected chi connectivity index (χ3v) is 3.98. The van der Waals surface area contributed by atoms with Crippen molar-refractivity contribution in [2.75, 3.05) is 19.6 Å². The summed E-state index contributed by atoms with van der Waals surface area (Å²) in [7, 11) is 0. The van der Waals surface area contributed by atoms with Crippen LogP contribution in [-0.2, 0) is 16.0 Å². The minimum atomic E-state index is 0. The van der Waals surface area contributed by atoms with Crippen molar-refractivity contribution in [1.82, 2.24) is 10.2 Å². The number of amides is 2. The highest BCUT2D eigenvalue weighted by molar-refractivity contribution is 5.85. The zero-order valence-corrected chi connectivity index (χ0v) is 14.2. The van der Waals surface area contributed by atoms with Gasteiger partial charge in [-0.05, 0) is 31.4 Å². The number of nitrogens with two attached hydrogens (primary N) is 1. The summed E-state index contributed by atoms with van der Waals surface area (Å²) < 4.78 is 0. The molecule has 1 atom stereocenters. The van der Waals surface area contributed by atoms with E-state index in [1.54, 1.807) is 0 Å². The zero-order chi connectivity index (χ0) is 15.8. The lowest BCUT2D eigenvalue weighted by atomic mass is 10.1. The molecular formula is C17H26ClN3O2. The highest BCUT2D eigenvalue weighted by Gasteiger charge is 2.26. The number of hydrogen-bond donors (Lipinski definition) is 2. The normalized spacial score (nSPS) is 16.7. The third-order valence-electron chi connectivity index (χ3n) is 3.98. The van der Waals surface area contributed by atoms with E-state index in [0.29, 0.717) is 32.4 Å². The molecule has 1 aliphatic rings. The smallest absolute Gasteiger partial charge is 0.222 e. The number of carbonyl (C=O) groups is 2. The fourth-order valence-corrected chi connectivity index (χ4v) is 2.72. The standard InChI is InChI=1S/C17H25N3O2.ClH/c18-11-4-7-16(21)19-15-10-12-20(13-15)17(22)9-8-14-5-2-1-3-6-14;/h1-3,5-6,15H,4,7-13,18H2,(H,19,21);1H. The summed E-state index contributed by atoms with van der Waals surface area (Å²) in [6.07, 6.45) is 3.31. The number of nitrogens with one attached hydrogen (secondary N) is 1. The van der Waals surface area contributed by atoms with Crippen LogP contribution in [0.15, 0.2) is 30.3 Å². The van der Waals surface area contributed by atoms with E-state index in [2.05, 4.69) is 5.32 Å². The lowest BCUT2D eigenvalue weighted by Gasteiger charge is -2.17. The van der Waals surface area contributed by atoms with Crippen LogP contribution in [-0.4, -0.2) is 42.4 Å². The quantitative estimate of drug-likeness (QED) is 0.790. The van der Waals surface area contributed by atoms with Crippen LogP contribution in [0.25, 0.3) is 0 Å². The number of benzene rings is 1. The van der Waals surface area contributed by atoms with Crippen LogP contribution >= 0.6 is 12.4 Å². The van der Waals surface area contributed by atoms with E-state index in [1.165, 1.54) is 5.56 Å². The number of likely N-dealkylation sites (tertiary alicyclic amines) is 1.